The molecule has 3 aromatic rings. The molecule has 176 valence electrons. The summed E-state index contributed by atoms with van der Waals surface area (Å²) in [6, 6.07) is 9.13. The second-order valence-electron chi connectivity index (χ2n) is 7.39. The molecule has 0 saturated carbocycles. The number of hydrogen-bond donors (Lipinski definition) is 1. The van der Waals surface area contributed by atoms with E-state index in [9.17, 15) is 22.8 Å². The molecule has 1 atom stereocenters. The monoisotopic (exact) mass is 472 g/mol. The van der Waals surface area contributed by atoms with Crippen molar-refractivity contribution in [3.63, 3.8) is 0 Å². The molecule has 1 aromatic carbocycles. The van der Waals surface area contributed by atoms with E-state index in [1.165, 1.54) is 48.9 Å². The van der Waals surface area contributed by atoms with Gasteiger partial charge < -0.3 is 19.7 Å². The van der Waals surface area contributed by atoms with E-state index in [0.717, 1.165) is 0 Å². The minimum atomic E-state index is -5.21. The van der Waals surface area contributed by atoms with Crippen LogP contribution in [0.5, 0.6) is 11.5 Å². The van der Waals surface area contributed by atoms with Crippen molar-refractivity contribution in [3.05, 3.63) is 83.9 Å². The van der Waals surface area contributed by atoms with Crippen LogP contribution < -0.4 is 14.8 Å². The highest BCUT2D eigenvalue weighted by atomic mass is 19.4. The Kier molecular flexibility index (Phi) is 6.62. The van der Waals surface area contributed by atoms with E-state index in [2.05, 4.69) is 15.3 Å². The number of pyridine rings is 2. The summed E-state index contributed by atoms with van der Waals surface area (Å²) in [4.78, 5) is 34.2. The number of nitrogens with zero attached hydrogens (tertiary/aromatic N) is 3. The van der Waals surface area contributed by atoms with E-state index in [4.69, 9.17) is 9.47 Å². The van der Waals surface area contributed by atoms with Gasteiger partial charge in [-0.3, -0.25) is 19.6 Å². The highest BCUT2D eigenvalue weighted by Gasteiger charge is 2.46. The van der Waals surface area contributed by atoms with Gasteiger partial charge in [-0.2, -0.15) is 13.2 Å². The van der Waals surface area contributed by atoms with Crippen molar-refractivity contribution in [2.75, 3.05) is 6.79 Å². The molecule has 0 radical (unpaired) electrons. The average molecular weight is 472 g/mol. The standard InChI is InChI=1S/C23H19F3N4O4/c24-23(25,26)22(32)30(13-16-4-2-8-28-11-16)20(17-5-6-18-19(9-17)34-14-33-18)21(31)29-12-15-3-1-7-27-10-15/h1-11,20H,12-14H2,(H,29,31). The number of fused-ring (bicyclic) bond motifs is 1. The van der Waals surface area contributed by atoms with Crippen LogP contribution in [0.4, 0.5) is 13.2 Å². The molecule has 0 fully saturated rings. The molecule has 4 rings (SSSR count). The Morgan fingerprint density at radius 3 is 2.32 bits per heavy atom. The molecule has 3 heterocycles. The summed E-state index contributed by atoms with van der Waals surface area (Å²) in [6.07, 6.45) is 0.652. The molecule has 8 nitrogen and oxygen atoms in total. The van der Waals surface area contributed by atoms with Crippen molar-refractivity contribution < 1.29 is 32.2 Å². The maximum Gasteiger partial charge on any atom is 0.471 e. The van der Waals surface area contributed by atoms with Crippen LogP contribution >= 0.6 is 0 Å². The maximum atomic E-state index is 13.6. The molecule has 1 N–H and O–H groups in total. The van der Waals surface area contributed by atoms with Gasteiger partial charge in [0.15, 0.2) is 11.5 Å². The molecule has 0 spiro atoms. The third-order valence-corrected chi connectivity index (χ3v) is 5.04. The molecule has 0 aliphatic carbocycles. The van der Waals surface area contributed by atoms with Crippen molar-refractivity contribution in [3.8, 4) is 11.5 Å². The number of alkyl halides is 3. The first-order valence-corrected chi connectivity index (χ1v) is 10.2. The van der Waals surface area contributed by atoms with Gasteiger partial charge in [0, 0.05) is 37.9 Å². The Morgan fingerprint density at radius 2 is 1.68 bits per heavy atom. The molecule has 1 aliphatic rings. The summed E-state index contributed by atoms with van der Waals surface area (Å²) in [5.41, 5.74) is 1.10. The first kappa shape index (κ1) is 23.0. The first-order chi connectivity index (χ1) is 16.3. The fourth-order valence-corrected chi connectivity index (χ4v) is 3.48. The zero-order valence-electron chi connectivity index (χ0n) is 17.7. The van der Waals surface area contributed by atoms with Crippen molar-refractivity contribution in [2.24, 2.45) is 0 Å². The normalized spacial score (nSPS) is 13.3. The lowest BCUT2D eigenvalue weighted by molar-refractivity contribution is -0.189. The number of halogens is 3. The number of rotatable bonds is 7. The van der Waals surface area contributed by atoms with Gasteiger partial charge in [-0.25, -0.2) is 0 Å². The SMILES string of the molecule is O=C(NCc1cccnc1)C(c1ccc2c(c1)OCO2)N(Cc1cccnc1)C(=O)C(F)(F)F. The molecule has 34 heavy (non-hydrogen) atoms. The molecule has 11 heteroatoms. The highest BCUT2D eigenvalue weighted by molar-refractivity contribution is 5.91. The Labute approximate surface area is 192 Å². The first-order valence-electron chi connectivity index (χ1n) is 10.2. The van der Waals surface area contributed by atoms with Crippen LogP contribution in [0.15, 0.2) is 67.3 Å². The van der Waals surface area contributed by atoms with Crippen molar-refractivity contribution >= 4 is 11.8 Å². The van der Waals surface area contributed by atoms with Crippen LogP contribution in [0.3, 0.4) is 0 Å². The fraction of sp³-hybridized carbons (Fsp3) is 0.217. The van der Waals surface area contributed by atoms with E-state index in [1.54, 1.807) is 18.3 Å². The number of benzene rings is 1. The number of amides is 2. The topological polar surface area (TPSA) is 93.7 Å². The Bertz CT molecular complexity index is 1160. The summed E-state index contributed by atoms with van der Waals surface area (Å²) in [7, 11) is 0. The Morgan fingerprint density at radius 1 is 1.00 bits per heavy atom. The lowest BCUT2D eigenvalue weighted by atomic mass is 10.0. The number of ether oxygens (including phenoxy) is 2. The second-order valence-corrected chi connectivity index (χ2v) is 7.39. The minimum Gasteiger partial charge on any atom is -0.454 e. The van der Waals surface area contributed by atoms with Crippen LogP contribution in [0, 0.1) is 0 Å². The lowest BCUT2D eigenvalue weighted by Gasteiger charge is -2.32. The molecule has 0 saturated heterocycles. The van der Waals surface area contributed by atoms with Gasteiger partial charge in [-0.1, -0.05) is 18.2 Å². The fourth-order valence-electron chi connectivity index (χ4n) is 3.48. The Balaban J connectivity index is 1.72. The van der Waals surface area contributed by atoms with E-state index in [0.29, 0.717) is 21.8 Å². The third-order valence-electron chi connectivity index (χ3n) is 5.04. The predicted octanol–water partition coefficient (Wildman–Crippen LogP) is 3.15. The minimum absolute atomic E-state index is 0.00860. The summed E-state index contributed by atoms with van der Waals surface area (Å²) in [6.45, 7) is -0.544. The summed E-state index contributed by atoms with van der Waals surface area (Å²) in [5.74, 6) is -2.30. The van der Waals surface area contributed by atoms with E-state index >= 15 is 0 Å². The summed E-state index contributed by atoms with van der Waals surface area (Å²) in [5, 5.41) is 2.61. The number of nitrogens with one attached hydrogen (secondary N) is 1. The van der Waals surface area contributed by atoms with Crippen LogP contribution in [0.2, 0.25) is 0 Å². The number of carbonyl (C=O) groups is 2. The third kappa shape index (κ3) is 5.25. The predicted molar refractivity (Wildman–Crippen MR) is 112 cm³/mol. The van der Waals surface area contributed by atoms with Crippen molar-refractivity contribution in [1.29, 1.82) is 0 Å². The van der Waals surface area contributed by atoms with Gasteiger partial charge in [0.1, 0.15) is 6.04 Å². The lowest BCUT2D eigenvalue weighted by Crippen LogP contribution is -2.48. The number of carbonyl (C=O) groups excluding carboxylic acids is 2. The van der Waals surface area contributed by atoms with Crippen molar-refractivity contribution in [2.45, 2.75) is 25.3 Å². The van der Waals surface area contributed by atoms with Gasteiger partial charge in [0.05, 0.1) is 0 Å². The quantitative estimate of drug-likeness (QED) is 0.568. The largest absolute Gasteiger partial charge is 0.471 e. The molecular formula is C23H19F3N4O4. The number of hydrogen-bond acceptors (Lipinski definition) is 6. The van der Waals surface area contributed by atoms with Gasteiger partial charge in [0.2, 0.25) is 12.7 Å². The van der Waals surface area contributed by atoms with Gasteiger partial charge in [0.25, 0.3) is 0 Å². The average Bonchev–Trinajstić information content (AvgIpc) is 3.31. The van der Waals surface area contributed by atoms with Crippen LogP contribution in [0.1, 0.15) is 22.7 Å². The summed E-state index contributed by atoms with van der Waals surface area (Å²) >= 11 is 0. The van der Waals surface area contributed by atoms with Gasteiger partial charge in [-0.15, -0.1) is 0 Å². The maximum absolute atomic E-state index is 13.6. The Hall–Kier alpha value is -4.15. The molecule has 0 bridgehead atoms. The highest BCUT2D eigenvalue weighted by Crippen LogP contribution is 2.37. The van der Waals surface area contributed by atoms with E-state index in [-0.39, 0.29) is 24.7 Å². The number of aromatic nitrogens is 2. The molecule has 2 aromatic heterocycles. The van der Waals surface area contributed by atoms with Crippen molar-refractivity contribution in [1.82, 2.24) is 20.2 Å². The van der Waals surface area contributed by atoms with Gasteiger partial charge in [-0.05, 0) is 41.0 Å². The molecule has 2 amide bonds. The van der Waals surface area contributed by atoms with E-state index < -0.39 is 30.6 Å². The summed E-state index contributed by atoms with van der Waals surface area (Å²) < 4.78 is 51.4. The van der Waals surface area contributed by atoms with Crippen LogP contribution in [-0.2, 0) is 22.7 Å². The zero-order chi connectivity index (χ0) is 24.1. The molecule has 1 aliphatic heterocycles. The smallest absolute Gasteiger partial charge is 0.454 e. The van der Waals surface area contributed by atoms with Gasteiger partial charge >= 0.3 is 12.1 Å². The second kappa shape index (κ2) is 9.77. The van der Waals surface area contributed by atoms with E-state index in [1.807, 2.05) is 0 Å². The van der Waals surface area contributed by atoms with Crippen LogP contribution in [0.25, 0.3) is 0 Å². The zero-order valence-corrected chi connectivity index (χ0v) is 17.7. The molecule has 1 unspecified atom stereocenters. The van der Waals surface area contributed by atoms with Crippen LogP contribution in [-0.4, -0.2) is 39.7 Å². The molecular weight excluding hydrogens is 453 g/mol.